The molecule has 2 aliphatic heterocycles. The SMILES string of the molecule is CCC(C)[P+](=O)OC(C)C[C@H]1OC([n+]2cn3c4c(ncnc42)N(C)N=C3C)[C@H](O)[C@@H]1O. The third-order valence-electron chi connectivity index (χ3n) is 5.87. The van der Waals surface area contributed by atoms with Crippen molar-refractivity contribution in [3.05, 3.63) is 12.7 Å². The van der Waals surface area contributed by atoms with Crippen LogP contribution < -0.4 is 9.58 Å². The molecule has 4 unspecified atom stereocenters. The maximum Gasteiger partial charge on any atom is 0.511 e. The van der Waals surface area contributed by atoms with Crippen LogP contribution in [0.25, 0.3) is 11.2 Å². The van der Waals surface area contributed by atoms with Gasteiger partial charge in [0, 0.05) is 20.4 Å². The minimum atomic E-state index is -1.80. The van der Waals surface area contributed by atoms with Gasteiger partial charge in [0.2, 0.25) is 11.7 Å². The van der Waals surface area contributed by atoms with E-state index in [2.05, 4.69) is 15.1 Å². The Morgan fingerprint density at radius 1 is 1.32 bits per heavy atom. The van der Waals surface area contributed by atoms with Gasteiger partial charge in [0.15, 0.2) is 30.0 Å². The molecule has 4 rings (SSSR count). The van der Waals surface area contributed by atoms with Gasteiger partial charge < -0.3 is 14.9 Å². The second kappa shape index (κ2) is 8.48. The quantitative estimate of drug-likeness (QED) is 0.476. The van der Waals surface area contributed by atoms with E-state index < -0.39 is 38.7 Å². The number of anilines is 1. The summed E-state index contributed by atoms with van der Waals surface area (Å²) in [7, 11) is 0.000687. The van der Waals surface area contributed by atoms with Crippen LogP contribution in [0.1, 0.15) is 46.8 Å². The number of rotatable bonds is 7. The zero-order valence-electron chi connectivity index (χ0n) is 18.3. The first-order chi connectivity index (χ1) is 14.7. The van der Waals surface area contributed by atoms with Crippen LogP contribution in [0.15, 0.2) is 17.8 Å². The van der Waals surface area contributed by atoms with Crippen LogP contribution in [-0.2, 0) is 13.8 Å². The molecular weight excluding hydrogens is 423 g/mol. The van der Waals surface area contributed by atoms with Gasteiger partial charge in [0.05, 0.1) is 6.10 Å². The van der Waals surface area contributed by atoms with Crippen molar-refractivity contribution in [2.24, 2.45) is 5.10 Å². The largest absolute Gasteiger partial charge is 0.511 e. The van der Waals surface area contributed by atoms with E-state index in [1.54, 1.807) is 29.9 Å². The molecule has 1 fully saturated rings. The highest BCUT2D eigenvalue weighted by atomic mass is 31.1. The fourth-order valence-electron chi connectivity index (χ4n) is 3.94. The lowest BCUT2D eigenvalue weighted by atomic mass is 10.1. The Balaban J connectivity index is 1.58. The molecule has 0 aliphatic carbocycles. The van der Waals surface area contributed by atoms with Gasteiger partial charge in [-0.3, -0.25) is 0 Å². The monoisotopic (exact) mass is 452 g/mol. The maximum atomic E-state index is 12.2. The average molecular weight is 452 g/mol. The van der Waals surface area contributed by atoms with Crippen molar-refractivity contribution in [1.29, 1.82) is 0 Å². The normalized spacial score (nSPS) is 28.0. The average Bonchev–Trinajstić information content (AvgIpc) is 3.25. The first-order valence-electron chi connectivity index (χ1n) is 10.4. The highest BCUT2D eigenvalue weighted by Gasteiger charge is 2.48. The summed E-state index contributed by atoms with van der Waals surface area (Å²) in [6, 6.07) is 0. The van der Waals surface area contributed by atoms with Gasteiger partial charge in [-0.1, -0.05) is 11.9 Å². The molecule has 11 nitrogen and oxygen atoms in total. The second-order valence-corrected chi connectivity index (χ2v) is 9.84. The van der Waals surface area contributed by atoms with E-state index in [1.807, 2.05) is 25.3 Å². The number of ether oxygens (including phenoxy) is 1. The first-order valence-corrected chi connectivity index (χ1v) is 11.7. The van der Waals surface area contributed by atoms with Crippen LogP contribution in [0.3, 0.4) is 0 Å². The van der Waals surface area contributed by atoms with Gasteiger partial charge >= 0.3 is 13.7 Å². The molecule has 1 saturated heterocycles. The maximum absolute atomic E-state index is 12.2. The van der Waals surface area contributed by atoms with Gasteiger partial charge in [-0.2, -0.15) is 4.98 Å². The van der Waals surface area contributed by atoms with Crippen molar-refractivity contribution < 1.29 is 28.6 Å². The summed E-state index contributed by atoms with van der Waals surface area (Å²) in [4.78, 5) is 8.69. The van der Waals surface area contributed by atoms with E-state index in [4.69, 9.17) is 9.26 Å². The lowest BCUT2D eigenvalue weighted by molar-refractivity contribution is -0.745. The molecule has 0 amide bonds. The molecule has 12 heteroatoms. The third-order valence-corrected chi connectivity index (χ3v) is 7.52. The molecular formula is C19H29N6O5P+2. The standard InChI is InChI=1S/C19H29N6O5P/c1-6-11(3)31(28)30-10(2)7-13-15(26)16(27)19(29-13)25-9-24-12(4)22-23(5)17-14(24)18(25)21-8-20-17/h8-11,13,15-16,19,26-27H,6-7H2,1-5H3/q+2/t10?,11?,13-,15-,16-,19?/m1/s1. The number of aromatic nitrogens is 4. The van der Waals surface area contributed by atoms with Crippen LogP contribution in [0, 0.1) is 0 Å². The number of hydrogen-bond acceptors (Lipinski definition) is 9. The Morgan fingerprint density at radius 2 is 2.06 bits per heavy atom. The van der Waals surface area contributed by atoms with E-state index in [1.165, 1.54) is 6.33 Å². The molecule has 168 valence electrons. The Kier molecular flexibility index (Phi) is 6.06. The molecule has 0 saturated carbocycles. The molecule has 2 aliphatic rings. The van der Waals surface area contributed by atoms with Crippen molar-refractivity contribution in [2.45, 2.75) is 76.8 Å². The summed E-state index contributed by atoms with van der Waals surface area (Å²) < 4.78 is 27.4. The van der Waals surface area contributed by atoms with Crippen LogP contribution in [-0.4, -0.2) is 67.7 Å². The van der Waals surface area contributed by atoms with Gasteiger partial charge in [0.25, 0.3) is 0 Å². The van der Waals surface area contributed by atoms with Gasteiger partial charge in [-0.15, -0.1) is 9.63 Å². The van der Waals surface area contributed by atoms with Gasteiger partial charge in [0.1, 0.15) is 18.3 Å². The molecule has 2 aromatic heterocycles. The van der Waals surface area contributed by atoms with Crippen molar-refractivity contribution in [3.63, 3.8) is 0 Å². The molecule has 0 spiro atoms. The number of aliphatic hydroxyl groups excluding tert-OH is 2. The highest BCUT2D eigenvalue weighted by molar-refractivity contribution is 7.40. The van der Waals surface area contributed by atoms with E-state index in [-0.39, 0.29) is 5.66 Å². The Morgan fingerprint density at radius 3 is 2.77 bits per heavy atom. The minimum Gasteiger partial charge on any atom is -0.387 e. The predicted molar refractivity (Wildman–Crippen MR) is 113 cm³/mol. The van der Waals surface area contributed by atoms with Crippen molar-refractivity contribution in [1.82, 2.24) is 14.5 Å². The summed E-state index contributed by atoms with van der Waals surface area (Å²) in [5.41, 5.74) is 1.26. The number of nitrogens with zero attached hydrogens (tertiary/aromatic N) is 6. The summed E-state index contributed by atoms with van der Waals surface area (Å²) >= 11 is 0. The van der Waals surface area contributed by atoms with Crippen molar-refractivity contribution >= 4 is 30.8 Å². The molecule has 0 aromatic carbocycles. The molecule has 2 aromatic rings. The summed E-state index contributed by atoms with van der Waals surface area (Å²) in [5, 5.41) is 27.5. The third kappa shape index (κ3) is 3.85. The Hall–Kier alpha value is -2.04. The number of imidazole rings is 1. The summed E-state index contributed by atoms with van der Waals surface area (Å²) in [5.74, 6) is 1.35. The topological polar surface area (TPSA) is 126 Å². The zero-order valence-corrected chi connectivity index (χ0v) is 19.2. The van der Waals surface area contributed by atoms with Crippen LogP contribution in [0.5, 0.6) is 0 Å². The van der Waals surface area contributed by atoms with E-state index in [0.29, 0.717) is 23.7 Å². The summed E-state index contributed by atoms with van der Waals surface area (Å²) in [6.07, 6.45) is 0.0323. The predicted octanol–water partition coefficient (Wildman–Crippen LogP) is 1.31. The molecule has 0 bridgehead atoms. The molecule has 7 atom stereocenters. The zero-order chi connectivity index (χ0) is 22.4. The number of hydrogen-bond donors (Lipinski definition) is 2. The van der Waals surface area contributed by atoms with Crippen molar-refractivity contribution in [2.75, 3.05) is 12.1 Å². The number of aliphatic hydroxyl groups is 2. The minimum absolute atomic E-state index is 0.0433. The Labute approximate surface area is 181 Å². The second-order valence-electron chi connectivity index (χ2n) is 8.17. The van der Waals surface area contributed by atoms with E-state index >= 15 is 0 Å². The fourth-order valence-corrected chi connectivity index (χ4v) is 4.88. The molecule has 2 N–H and O–H groups in total. The molecule has 31 heavy (non-hydrogen) atoms. The van der Waals surface area contributed by atoms with Crippen LogP contribution >= 0.6 is 8.03 Å². The van der Waals surface area contributed by atoms with Crippen LogP contribution in [0.2, 0.25) is 0 Å². The smallest absolute Gasteiger partial charge is 0.387 e. The number of hydrazone groups is 1. The summed E-state index contributed by atoms with van der Waals surface area (Å²) in [6.45, 7) is 7.49. The van der Waals surface area contributed by atoms with E-state index in [0.717, 1.165) is 11.9 Å². The van der Waals surface area contributed by atoms with Gasteiger partial charge in [-0.05, 0) is 24.8 Å². The first kappa shape index (κ1) is 22.2. The Bertz CT molecular complexity index is 1030. The highest BCUT2D eigenvalue weighted by Crippen LogP contribution is 2.36. The van der Waals surface area contributed by atoms with Gasteiger partial charge in [-0.25, -0.2) is 14.1 Å². The van der Waals surface area contributed by atoms with Crippen molar-refractivity contribution in [3.8, 4) is 0 Å². The van der Waals surface area contributed by atoms with Crippen LogP contribution in [0.4, 0.5) is 5.82 Å². The fraction of sp³-hybridized carbons (Fsp3) is 0.684. The molecule has 0 radical (unpaired) electrons. The lowest BCUT2D eigenvalue weighted by Gasteiger charge is -2.16. The van der Waals surface area contributed by atoms with E-state index in [9.17, 15) is 14.8 Å². The lowest BCUT2D eigenvalue weighted by Crippen LogP contribution is -2.46. The molecule has 4 heterocycles.